The first-order valence-electron chi connectivity index (χ1n) is 7.50. The first-order chi connectivity index (χ1) is 10.8. The minimum atomic E-state index is -1.13. The van der Waals surface area contributed by atoms with Gasteiger partial charge in [-0.1, -0.05) is 18.5 Å². The van der Waals surface area contributed by atoms with Crippen LogP contribution in [0, 0.1) is 11.3 Å². The Bertz CT molecular complexity index is 595. The van der Waals surface area contributed by atoms with Crippen LogP contribution in [-0.4, -0.2) is 29.6 Å². The minimum absolute atomic E-state index is 0.0486. The van der Waals surface area contributed by atoms with Gasteiger partial charge in [-0.15, -0.1) is 0 Å². The minimum Gasteiger partial charge on any atom is -0.369 e. The number of nitrogens with two attached hydrogens (primary N) is 1. The Kier molecular flexibility index (Phi) is 5.08. The molecule has 126 valence electrons. The molecule has 2 aliphatic rings. The van der Waals surface area contributed by atoms with Crippen LogP contribution in [-0.2, 0) is 19.2 Å². The molecule has 0 radical (unpaired) electrons. The molecule has 2 fully saturated rings. The lowest BCUT2D eigenvalue weighted by Crippen LogP contribution is -2.49. The molecule has 3 N–H and O–H groups in total. The predicted molar refractivity (Wildman–Crippen MR) is 85.2 cm³/mol. The summed E-state index contributed by atoms with van der Waals surface area (Å²) in [6.45, 7) is 3.49. The van der Waals surface area contributed by atoms with Crippen molar-refractivity contribution in [3.63, 3.8) is 0 Å². The quantitative estimate of drug-likeness (QED) is 0.329. The van der Waals surface area contributed by atoms with E-state index in [1.165, 1.54) is 5.54 Å². The van der Waals surface area contributed by atoms with E-state index in [1.807, 2.05) is 0 Å². The number of halogens is 1. The van der Waals surface area contributed by atoms with Crippen molar-refractivity contribution in [1.82, 2.24) is 5.48 Å². The molecule has 23 heavy (non-hydrogen) atoms. The molecule has 0 saturated heterocycles. The number of hydrogen-bond acceptors (Lipinski definition) is 5. The number of amides is 1. The van der Waals surface area contributed by atoms with E-state index in [0.717, 1.165) is 12.8 Å². The molecule has 0 aromatic heterocycles. The van der Waals surface area contributed by atoms with Crippen LogP contribution in [0.15, 0.2) is 23.3 Å². The van der Waals surface area contributed by atoms with Crippen molar-refractivity contribution in [3.05, 3.63) is 23.3 Å². The maximum absolute atomic E-state index is 12.5. The number of primary amides is 1. The Balaban J connectivity index is 2.16. The van der Waals surface area contributed by atoms with Crippen LogP contribution in [0.1, 0.15) is 33.1 Å². The molecule has 0 aromatic rings. The number of ketones is 2. The Morgan fingerprint density at radius 2 is 2.13 bits per heavy atom. The summed E-state index contributed by atoms with van der Waals surface area (Å²) in [7, 11) is 0. The molecule has 2 rings (SSSR count). The molecule has 0 spiro atoms. The Morgan fingerprint density at radius 3 is 2.65 bits per heavy atom. The molecular formula is C16H21ClN2O4. The number of carbonyl (C=O) groups is 3. The summed E-state index contributed by atoms with van der Waals surface area (Å²) in [6.07, 6.45) is 4.74. The smallest absolute Gasteiger partial charge is 0.224 e. The number of carbonyl (C=O) groups excluding carboxylic acids is 3. The molecule has 7 heteroatoms. The summed E-state index contributed by atoms with van der Waals surface area (Å²) in [5.74, 6) is -1.93. The molecule has 0 aromatic carbocycles. The zero-order valence-corrected chi connectivity index (χ0v) is 14.0. The second-order valence-electron chi connectivity index (χ2n) is 6.46. The van der Waals surface area contributed by atoms with Crippen LogP contribution in [0.5, 0.6) is 0 Å². The molecule has 2 saturated carbocycles. The lowest BCUT2D eigenvalue weighted by Gasteiger charge is -2.36. The number of Topliss-reactive ketones (excluding diaryl/α,β-unsaturated/α-hetero) is 2. The summed E-state index contributed by atoms with van der Waals surface area (Å²) in [5.41, 5.74) is 8.11. The van der Waals surface area contributed by atoms with Gasteiger partial charge in [-0.25, -0.2) is 0 Å². The van der Waals surface area contributed by atoms with Gasteiger partial charge in [0, 0.05) is 17.9 Å². The van der Waals surface area contributed by atoms with Crippen molar-refractivity contribution in [2.45, 2.75) is 38.6 Å². The van der Waals surface area contributed by atoms with E-state index >= 15 is 0 Å². The van der Waals surface area contributed by atoms with Gasteiger partial charge in [-0.05, 0) is 31.9 Å². The third-order valence-electron chi connectivity index (χ3n) is 4.76. The van der Waals surface area contributed by atoms with E-state index in [2.05, 4.69) is 5.48 Å². The Hall–Kier alpha value is -1.50. The van der Waals surface area contributed by atoms with Crippen LogP contribution in [0.2, 0.25) is 0 Å². The zero-order valence-electron chi connectivity index (χ0n) is 13.2. The van der Waals surface area contributed by atoms with E-state index in [4.69, 9.17) is 22.2 Å². The number of allylic oxidation sites excluding steroid dienone is 1. The standard InChI is InChI=1S/C16H21ClN2O4/c1-10-13(21)11(12(20)9-15(10,2)14(18)22)8-16(4-5-16)19-23-7-3-6-17/h3,6,8,10,19H,4-5,7,9H2,1-2H3,(H2,18,22). The molecule has 2 unspecified atom stereocenters. The van der Waals surface area contributed by atoms with Gasteiger partial charge in [0.05, 0.1) is 23.1 Å². The lowest BCUT2D eigenvalue weighted by molar-refractivity contribution is -0.143. The molecule has 2 atom stereocenters. The first-order valence-corrected chi connectivity index (χ1v) is 7.94. The van der Waals surface area contributed by atoms with Gasteiger partial charge in [-0.2, -0.15) is 5.48 Å². The summed E-state index contributed by atoms with van der Waals surface area (Å²) in [6, 6.07) is 0. The fourth-order valence-corrected chi connectivity index (χ4v) is 2.72. The van der Waals surface area contributed by atoms with Crippen molar-refractivity contribution in [2.24, 2.45) is 17.1 Å². The van der Waals surface area contributed by atoms with Crippen molar-refractivity contribution in [1.29, 1.82) is 0 Å². The summed E-state index contributed by atoms with van der Waals surface area (Å²) < 4.78 is 0. The SMILES string of the molecule is CC1C(=O)C(=CC2(NOCC=CCl)CC2)C(=O)CC1(C)C(N)=O. The van der Waals surface area contributed by atoms with Crippen LogP contribution >= 0.6 is 11.6 Å². The Morgan fingerprint density at radius 1 is 1.48 bits per heavy atom. The third kappa shape index (κ3) is 3.54. The van der Waals surface area contributed by atoms with Gasteiger partial charge in [-0.3, -0.25) is 19.2 Å². The molecule has 0 bridgehead atoms. The maximum Gasteiger partial charge on any atom is 0.224 e. The van der Waals surface area contributed by atoms with Crippen LogP contribution in [0.4, 0.5) is 0 Å². The van der Waals surface area contributed by atoms with Crippen LogP contribution in [0.25, 0.3) is 0 Å². The van der Waals surface area contributed by atoms with Gasteiger partial charge < -0.3 is 5.73 Å². The first kappa shape index (κ1) is 17.8. The molecule has 2 aliphatic carbocycles. The van der Waals surface area contributed by atoms with Gasteiger partial charge >= 0.3 is 0 Å². The molecular weight excluding hydrogens is 320 g/mol. The van der Waals surface area contributed by atoms with E-state index < -0.39 is 22.8 Å². The average molecular weight is 341 g/mol. The highest BCUT2D eigenvalue weighted by atomic mass is 35.5. The van der Waals surface area contributed by atoms with Crippen molar-refractivity contribution in [2.75, 3.05) is 6.61 Å². The zero-order chi connectivity index (χ0) is 17.3. The predicted octanol–water partition coefficient (Wildman–Crippen LogP) is 1.39. The van der Waals surface area contributed by atoms with E-state index in [9.17, 15) is 14.4 Å². The van der Waals surface area contributed by atoms with Crippen LogP contribution < -0.4 is 11.2 Å². The van der Waals surface area contributed by atoms with Crippen molar-refractivity contribution < 1.29 is 19.2 Å². The number of nitrogens with one attached hydrogen (secondary N) is 1. The second-order valence-corrected chi connectivity index (χ2v) is 6.71. The van der Waals surface area contributed by atoms with Gasteiger partial charge in [0.25, 0.3) is 0 Å². The van der Waals surface area contributed by atoms with Gasteiger partial charge in [0.15, 0.2) is 11.6 Å². The highest BCUT2D eigenvalue weighted by Crippen LogP contribution is 2.43. The maximum atomic E-state index is 12.5. The summed E-state index contributed by atoms with van der Waals surface area (Å²) in [4.78, 5) is 41.8. The Labute approximate surface area is 140 Å². The normalized spacial score (nSPS) is 31.8. The topological polar surface area (TPSA) is 98.5 Å². The molecule has 6 nitrogen and oxygen atoms in total. The molecule has 1 amide bonds. The van der Waals surface area contributed by atoms with Crippen LogP contribution in [0.3, 0.4) is 0 Å². The number of rotatable bonds is 6. The highest BCUT2D eigenvalue weighted by molar-refractivity contribution is 6.25. The number of hydrogen-bond donors (Lipinski definition) is 2. The molecule has 0 aliphatic heterocycles. The third-order valence-corrected chi connectivity index (χ3v) is 4.94. The highest BCUT2D eigenvalue weighted by Gasteiger charge is 2.51. The lowest BCUT2D eigenvalue weighted by atomic mass is 9.65. The fourth-order valence-electron chi connectivity index (χ4n) is 2.65. The molecule has 0 heterocycles. The van der Waals surface area contributed by atoms with E-state index in [-0.39, 0.29) is 30.2 Å². The number of hydroxylamine groups is 1. The van der Waals surface area contributed by atoms with Crippen molar-refractivity contribution in [3.8, 4) is 0 Å². The largest absolute Gasteiger partial charge is 0.369 e. The second kappa shape index (κ2) is 6.55. The van der Waals surface area contributed by atoms with E-state index in [1.54, 1.807) is 26.0 Å². The monoisotopic (exact) mass is 340 g/mol. The van der Waals surface area contributed by atoms with Gasteiger partial charge in [0.1, 0.15) is 0 Å². The summed E-state index contributed by atoms with van der Waals surface area (Å²) >= 11 is 5.40. The van der Waals surface area contributed by atoms with Gasteiger partial charge in [0.2, 0.25) is 5.91 Å². The fraction of sp³-hybridized carbons (Fsp3) is 0.562. The summed E-state index contributed by atoms with van der Waals surface area (Å²) in [5, 5.41) is 0. The van der Waals surface area contributed by atoms with Crippen molar-refractivity contribution >= 4 is 29.1 Å². The average Bonchev–Trinajstić information content (AvgIpc) is 3.26. The van der Waals surface area contributed by atoms with E-state index in [0.29, 0.717) is 0 Å².